The van der Waals surface area contributed by atoms with E-state index in [2.05, 4.69) is 48.4 Å². The second kappa shape index (κ2) is 9.96. The summed E-state index contributed by atoms with van der Waals surface area (Å²) in [4.78, 5) is 12.2. The summed E-state index contributed by atoms with van der Waals surface area (Å²) < 4.78 is 11.3. The number of thioether (sulfide) groups is 1. The first kappa shape index (κ1) is 20.7. The van der Waals surface area contributed by atoms with Gasteiger partial charge in [0.15, 0.2) is 6.61 Å². The van der Waals surface area contributed by atoms with E-state index in [1.54, 1.807) is 0 Å². The van der Waals surface area contributed by atoms with Gasteiger partial charge in [-0.2, -0.15) is 0 Å². The molecule has 0 unspecified atom stereocenters. The zero-order chi connectivity index (χ0) is 19.9. The van der Waals surface area contributed by atoms with Crippen LogP contribution in [0.1, 0.15) is 63.8 Å². The maximum Gasteiger partial charge on any atom is 0.277 e. The molecule has 1 aliphatic rings. The Morgan fingerprint density at radius 2 is 2.00 bits per heavy atom. The normalized spacial score (nSPS) is 19.6. The van der Waals surface area contributed by atoms with Gasteiger partial charge in [0.1, 0.15) is 5.75 Å². The molecule has 1 aromatic carbocycles. The Bertz CT molecular complexity index is 761. The van der Waals surface area contributed by atoms with Crippen molar-refractivity contribution in [3.05, 3.63) is 35.7 Å². The fourth-order valence-corrected chi connectivity index (χ4v) is 3.95. The maximum atomic E-state index is 12.2. The van der Waals surface area contributed by atoms with Crippen molar-refractivity contribution in [2.24, 2.45) is 5.92 Å². The SMILES string of the molecule is CC(C)c1ccc(OCc2nnc(SCC(=O)N[C@@H]3CCCC[C@H]3C)o2)cc1. The van der Waals surface area contributed by atoms with Crippen molar-refractivity contribution in [1.82, 2.24) is 15.5 Å². The maximum absolute atomic E-state index is 12.2. The molecule has 28 heavy (non-hydrogen) atoms. The number of ether oxygens (including phenoxy) is 1. The number of amides is 1. The second-order valence-corrected chi connectivity index (χ2v) is 8.63. The first-order valence-electron chi connectivity index (χ1n) is 9.98. The topological polar surface area (TPSA) is 77.2 Å². The third-order valence-corrected chi connectivity index (χ3v) is 5.96. The molecule has 1 saturated carbocycles. The number of hydrogen-bond acceptors (Lipinski definition) is 6. The van der Waals surface area contributed by atoms with E-state index in [1.807, 2.05) is 12.1 Å². The average molecular weight is 404 g/mol. The molecule has 0 saturated heterocycles. The molecule has 6 nitrogen and oxygen atoms in total. The Hall–Kier alpha value is -2.02. The predicted octanol–water partition coefficient (Wildman–Crippen LogP) is 4.56. The summed E-state index contributed by atoms with van der Waals surface area (Å²) >= 11 is 1.26. The molecule has 2 aromatic rings. The smallest absolute Gasteiger partial charge is 0.277 e. The second-order valence-electron chi connectivity index (χ2n) is 7.70. The van der Waals surface area contributed by atoms with Gasteiger partial charge in [-0.3, -0.25) is 4.79 Å². The minimum absolute atomic E-state index is 0.0185. The van der Waals surface area contributed by atoms with Gasteiger partial charge in [-0.25, -0.2) is 0 Å². The van der Waals surface area contributed by atoms with E-state index in [1.165, 1.54) is 36.6 Å². The Kier molecular flexibility index (Phi) is 7.36. The number of hydrogen-bond donors (Lipinski definition) is 1. The number of rotatable bonds is 8. The van der Waals surface area contributed by atoms with Gasteiger partial charge in [0.2, 0.25) is 5.91 Å². The van der Waals surface area contributed by atoms with Crippen molar-refractivity contribution in [3.63, 3.8) is 0 Å². The highest BCUT2D eigenvalue weighted by molar-refractivity contribution is 7.99. The summed E-state index contributed by atoms with van der Waals surface area (Å²) in [6.45, 7) is 6.73. The molecule has 1 aromatic heterocycles. The van der Waals surface area contributed by atoms with Gasteiger partial charge in [0.25, 0.3) is 11.1 Å². The third kappa shape index (κ3) is 5.99. The minimum atomic E-state index is 0.0185. The van der Waals surface area contributed by atoms with E-state index in [-0.39, 0.29) is 24.3 Å². The summed E-state index contributed by atoms with van der Waals surface area (Å²) in [5, 5.41) is 11.5. The zero-order valence-corrected chi connectivity index (χ0v) is 17.6. The number of nitrogens with zero attached hydrogens (tertiary/aromatic N) is 2. The van der Waals surface area contributed by atoms with E-state index in [4.69, 9.17) is 9.15 Å². The van der Waals surface area contributed by atoms with Crippen LogP contribution in [0.5, 0.6) is 5.75 Å². The van der Waals surface area contributed by atoms with Gasteiger partial charge >= 0.3 is 0 Å². The van der Waals surface area contributed by atoms with Crippen LogP contribution < -0.4 is 10.1 Å². The van der Waals surface area contributed by atoms with Crippen molar-refractivity contribution in [1.29, 1.82) is 0 Å². The Balaban J connectivity index is 1.41. The number of carbonyl (C=O) groups excluding carboxylic acids is 1. The number of nitrogens with one attached hydrogen (secondary N) is 1. The lowest BCUT2D eigenvalue weighted by Gasteiger charge is -2.29. The molecule has 1 fully saturated rings. The Labute approximate surface area is 170 Å². The lowest BCUT2D eigenvalue weighted by atomic mass is 9.86. The van der Waals surface area contributed by atoms with Crippen LogP contribution in [-0.2, 0) is 11.4 Å². The van der Waals surface area contributed by atoms with Crippen molar-refractivity contribution in [2.45, 2.75) is 70.2 Å². The average Bonchev–Trinajstić information content (AvgIpc) is 3.15. The molecular formula is C21H29N3O3S. The van der Waals surface area contributed by atoms with Gasteiger partial charge in [-0.1, -0.05) is 57.5 Å². The van der Waals surface area contributed by atoms with Crippen LogP contribution in [-0.4, -0.2) is 27.9 Å². The molecule has 0 spiro atoms. The third-order valence-electron chi connectivity index (χ3n) is 5.14. The van der Waals surface area contributed by atoms with Crippen LogP contribution in [0.2, 0.25) is 0 Å². The van der Waals surface area contributed by atoms with E-state index in [0.29, 0.717) is 22.9 Å². The standard InChI is InChI=1S/C21H29N3O3S/c1-14(2)16-8-10-17(11-9-16)26-12-20-23-24-21(27-20)28-13-19(25)22-18-7-5-4-6-15(18)3/h8-11,14-15,18H,4-7,12-13H2,1-3H3,(H,22,25)/t15-,18-/m1/s1. The molecule has 0 bridgehead atoms. The number of carbonyl (C=O) groups is 1. The molecule has 0 radical (unpaired) electrons. The van der Waals surface area contributed by atoms with Gasteiger partial charge < -0.3 is 14.5 Å². The van der Waals surface area contributed by atoms with Crippen molar-refractivity contribution < 1.29 is 13.9 Å². The molecule has 1 aliphatic carbocycles. The van der Waals surface area contributed by atoms with Crippen LogP contribution in [0, 0.1) is 5.92 Å². The Morgan fingerprint density at radius 3 is 2.71 bits per heavy atom. The highest BCUT2D eigenvalue weighted by Crippen LogP contribution is 2.24. The van der Waals surface area contributed by atoms with E-state index in [0.717, 1.165) is 12.2 Å². The monoisotopic (exact) mass is 403 g/mol. The summed E-state index contributed by atoms with van der Waals surface area (Å²) in [5.41, 5.74) is 1.27. The number of benzene rings is 1. The minimum Gasteiger partial charge on any atom is -0.484 e. The largest absolute Gasteiger partial charge is 0.484 e. The predicted molar refractivity (Wildman–Crippen MR) is 109 cm³/mol. The van der Waals surface area contributed by atoms with E-state index < -0.39 is 0 Å². The molecule has 0 aliphatic heterocycles. The zero-order valence-electron chi connectivity index (χ0n) is 16.8. The molecule has 152 valence electrons. The van der Waals surface area contributed by atoms with Crippen molar-refractivity contribution in [2.75, 3.05) is 5.75 Å². The Morgan fingerprint density at radius 1 is 1.25 bits per heavy atom. The summed E-state index contributed by atoms with van der Waals surface area (Å²) in [6, 6.07) is 8.29. The molecular weight excluding hydrogens is 374 g/mol. The van der Waals surface area contributed by atoms with Gasteiger partial charge in [-0.15, -0.1) is 10.2 Å². The van der Waals surface area contributed by atoms with Crippen LogP contribution in [0.25, 0.3) is 0 Å². The molecule has 7 heteroatoms. The summed E-state index contributed by atoms with van der Waals surface area (Å²) in [7, 11) is 0. The lowest BCUT2D eigenvalue weighted by molar-refractivity contribution is -0.119. The molecule has 1 amide bonds. The summed E-state index contributed by atoms with van der Waals surface area (Å²) in [5.74, 6) is 2.50. The molecule has 2 atom stereocenters. The van der Waals surface area contributed by atoms with Crippen LogP contribution >= 0.6 is 11.8 Å². The number of aromatic nitrogens is 2. The van der Waals surface area contributed by atoms with Crippen molar-refractivity contribution in [3.8, 4) is 5.75 Å². The quantitative estimate of drug-likeness (QED) is 0.651. The first-order valence-corrected chi connectivity index (χ1v) is 11.0. The van der Waals surface area contributed by atoms with Gasteiger partial charge in [-0.05, 0) is 42.4 Å². The first-order chi connectivity index (χ1) is 13.5. The fraction of sp³-hybridized carbons (Fsp3) is 0.571. The highest BCUT2D eigenvalue weighted by Gasteiger charge is 2.23. The summed E-state index contributed by atoms with van der Waals surface area (Å²) in [6.07, 6.45) is 4.70. The van der Waals surface area contributed by atoms with E-state index in [9.17, 15) is 4.79 Å². The van der Waals surface area contributed by atoms with Crippen molar-refractivity contribution >= 4 is 17.7 Å². The van der Waals surface area contributed by atoms with Crippen LogP contribution in [0.4, 0.5) is 0 Å². The van der Waals surface area contributed by atoms with Gasteiger partial charge in [0, 0.05) is 6.04 Å². The molecule has 1 heterocycles. The lowest BCUT2D eigenvalue weighted by Crippen LogP contribution is -2.41. The fourth-order valence-electron chi connectivity index (χ4n) is 3.36. The molecule has 1 N–H and O–H groups in total. The van der Waals surface area contributed by atoms with E-state index >= 15 is 0 Å². The van der Waals surface area contributed by atoms with Gasteiger partial charge in [0.05, 0.1) is 5.75 Å². The van der Waals surface area contributed by atoms with Crippen LogP contribution in [0.15, 0.2) is 33.9 Å². The van der Waals surface area contributed by atoms with Crippen LogP contribution in [0.3, 0.4) is 0 Å². The highest BCUT2D eigenvalue weighted by atomic mass is 32.2. The molecule has 3 rings (SSSR count).